The van der Waals surface area contributed by atoms with Gasteiger partial charge >= 0.3 is 0 Å². The molecule has 0 atom stereocenters. The van der Waals surface area contributed by atoms with Gasteiger partial charge in [0.1, 0.15) is 5.75 Å². The van der Waals surface area contributed by atoms with Gasteiger partial charge in [-0.3, -0.25) is 4.79 Å². The normalized spacial score (nSPS) is 10.6. The van der Waals surface area contributed by atoms with E-state index in [1.807, 2.05) is 29.6 Å². The molecule has 0 spiro atoms. The lowest BCUT2D eigenvalue weighted by molar-refractivity contribution is -0.114. The highest BCUT2D eigenvalue weighted by Gasteiger charge is 2.10. The van der Waals surface area contributed by atoms with Gasteiger partial charge in [0.15, 0.2) is 5.13 Å². The number of amides is 1. The summed E-state index contributed by atoms with van der Waals surface area (Å²) in [5.41, 5.74) is 1.93. The number of benzene rings is 1. The predicted octanol–water partition coefficient (Wildman–Crippen LogP) is 3.38. The Balaban J connectivity index is 1.54. The lowest BCUT2D eigenvalue weighted by Crippen LogP contribution is -2.05. The van der Waals surface area contributed by atoms with E-state index >= 15 is 0 Å². The van der Waals surface area contributed by atoms with E-state index in [-0.39, 0.29) is 5.91 Å². The predicted molar refractivity (Wildman–Crippen MR) is 96.1 cm³/mol. The second-order valence-corrected chi connectivity index (χ2v) is 6.89. The van der Waals surface area contributed by atoms with Crippen LogP contribution in [0.1, 0.15) is 24.1 Å². The molecule has 0 radical (unpaired) electrons. The summed E-state index contributed by atoms with van der Waals surface area (Å²) in [5.74, 6) is 1.84. The fraction of sp³-hybridized carbons (Fsp3) is 0.250. The number of carbonyl (C=O) groups excluding carboxylic acids is 1. The van der Waals surface area contributed by atoms with Crippen LogP contribution in [0, 0.1) is 0 Å². The SMILES string of the molecule is COc1ccc(Cc2nnc(SCc3csc(NC(C)=O)n3)o2)cc1. The second kappa shape index (κ2) is 8.13. The van der Waals surface area contributed by atoms with Crippen LogP contribution < -0.4 is 10.1 Å². The average Bonchev–Trinajstić information content (AvgIpc) is 3.22. The molecule has 3 aromatic rings. The highest BCUT2D eigenvalue weighted by atomic mass is 32.2. The van der Waals surface area contributed by atoms with Crippen LogP contribution in [0.2, 0.25) is 0 Å². The third kappa shape index (κ3) is 5.04. The lowest BCUT2D eigenvalue weighted by Gasteiger charge is -2.00. The van der Waals surface area contributed by atoms with Gasteiger partial charge in [0.2, 0.25) is 11.8 Å². The maximum absolute atomic E-state index is 11.0. The van der Waals surface area contributed by atoms with Crippen LogP contribution >= 0.6 is 23.1 Å². The first kappa shape index (κ1) is 17.4. The summed E-state index contributed by atoms with van der Waals surface area (Å²) in [6.07, 6.45) is 0.570. The molecule has 7 nitrogen and oxygen atoms in total. The van der Waals surface area contributed by atoms with Gasteiger partial charge in [0, 0.05) is 18.1 Å². The van der Waals surface area contributed by atoms with Crippen molar-refractivity contribution < 1.29 is 13.9 Å². The Bertz CT molecular complexity index is 845. The summed E-state index contributed by atoms with van der Waals surface area (Å²) in [5, 5.41) is 13.8. The van der Waals surface area contributed by atoms with E-state index in [4.69, 9.17) is 9.15 Å². The number of nitrogens with one attached hydrogen (secondary N) is 1. The fourth-order valence-corrected chi connectivity index (χ4v) is 3.54. The van der Waals surface area contributed by atoms with Crippen molar-refractivity contribution in [1.29, 1.82) is 0 Å². The van der Waals surface area contributed by atoms with E-state index in [1.54, 1.807) is 7.11 Å². The van der Waals surface area contributed by atoms with Crippen molar-refractivity contribution in [3.05, 3.63) is 46.8 Å². The highest BCUT2D eigenvalue weighted by molar-refractivity contribution is 7.98. The minimum Gasteiger partial charge on any atom is -0.497 e. The van der Waals surface area contributed by atoms with Gasteiger partial charge in [0.05, 0.1) is 19.2 Å². The number of hydrogen-bond acceptors (Lipinski definition) is 8. The Hall–Kier alpha value is -2.39. The number of carbonyl (C=O) groups is 1. The molecule has 0 saturated carbocycles. The first-order valence-corrected chi connectivity index (χ1v) is 9.29. The third-order valence-electron chi connectivity index (χ3n) is 3.14. The number of aromatic nitrogens is 3. The monoisotopic (exact) mass is 376 g/mol. The number of hydrogen-bond donors (Lipinski definition) is 1. The summed E-state index contributed by atoms with van der Waals surface area (Å²) >= 11 is 2.80. The molecule has 130 valence electrons. The maximum Gasteiger partial charge on any atom is 0.276 e. The van der Waals surface area contributed by atoms with Gasteiger partial charge in [-0.15, -0.1) is 21.5 Å². The molecule has 0 saturated heterocycles. The van der Waals surface area contributed by atoms with Gasteiger partial charge in [-0.2, -0.15) is 0 Å². The first-order valence-electron chi connectivity index (χ1n) is 7.42. The average molecular weight is 376 g/mol. The molecular weight excluding hydrogens is 360 g/mol. The molecule has 1 amide bonds. The van der Waals surface area contributed by atoms with Crippen LogP contribution in [0.15, 0.2) is 39.3 Å². The van der Waals surface area contributed by atoms with E-state index in [2.05, 4.69) is 20.5 Å². The zero-order valence-corrected chi connectivity index (χ0v) is 15.3. The van der Waals surface area contributed by atoms with Gasteiger partial charge in [0.25, 0.3) is 5.22 Å². The smallest absolute Gasteiger partial charge is 0.276 e. The summed E-state index contributed by atoms with van der Waals surface area (Å²) in [7, 11) is 1.64. The van der Waals surface area contributed by atoms with Crippen molar-refractivity contribution in [2.45, 2.75) is 24.3 Å². The molecule has 25 heavy (non-hydrogen) atoms. The number of anilines is 1. The van der Waals surface area contributed by atoms with Crippen molar-refractivity contribution in [3.8, 4) is 5.75 Å². The number of methoxy groups -OCH3 is 1. The minimum atomic E-state index is -0.131. The summed E-state index contributed by atoms with van der Waals surface area (Å²) in [6, 6.07) is 7.73. The quantitative estimate of drug-likeness (QED) is 0.632. The van der Waals surface area contributed by atoms with Crippen LogP contribution in [0.4, 0.5) is 5.13 Å². The number of nitrogens with zero attached hydrogens (tertiary/aromatic N) is 3. The fourth-order valence-electron chi connectivity index (χ4n) is 2.00. The molecule has 0 aliphatic carbocycles. The highest BCUT2D eigenvalue weighted by Crippen LogP contribution is 2.25. The minimum absolute atomic E-state index is 0.131. The van der Waals surface area contributed by atoms with Gasteiger partial charge in [-0.1, -0.05) is 23.9 Å². The van der Waals surface area contributed by atoms with Crippen molar-refractivity contribution in [2.75, 3.05) is 12.4 Å². The van der Waals surface area contributed by atoms with Gasteiger partial charge in [-0.05, 0) is 17.7 Å². The summed E-state index contributed by atoms with van der Waals surface area (Å²) < 4.78 is 10.8. The topological polar surface area (TPSA) is 90.1 Å². The van der Waals surface area contributed by atoms with Crippen molar-refractivity contribution in [1.82, 2.24) is 15.2 Å². The molecule has 3 rings (SSSR count). The largest absolute Gasteiger partial charge is 0.497 e. The summed E-state index contributed by atoms with van der Waals surface area (Å²) in [4.78, 5) is 15.3. The Morgan fingerprint density at radius 1 is 1.32 bits per heavy atom. The van der Waals surface area contributed by atoms with Gasteiger partial charge in [-0.25, -0.2) is 4.98 Å². The molecular formula is C16H16N4O3S2. The van der Waals surface area contributed by atoms with Crippen LogP contribution in [0.3, 0.4) is 0 Å². The van der Waals surface area contributed by atoms with E-state index < -0.39 is 0 Å². The Labute approximate surface area is 152 Å². The molecule has 1 N–H and O–H groups in total. The van der Waals surface area contributed by atoms with E-state index in [9.17, 15) is 4.79 Å². The van der Waals surface area contributed by atoms with E-state index in [1.165, 1.54) is 30.0 Å². The molecule has 2 aromatic heterocycles. The molecule has 0 fully saturated rings. The summed E-state index contributed by atoms with van der Waals surface area (Å²) in [6.45, 7) is 1.46. The van der Waals surface area contributed by atoms with E-state index in [0.717, 1.165) is 17.0 Å². The zero-order chi connectivity index (χ0) is 17.6. The van der Waals surface area contributed by atoms with Gasteiger partial charge < -0.3 is 14.5 Å². The number of rotatable bonds is 7. The Morgan fingerprint density at radius 3 is 2.84 bits per heavy atom. The maximum atomic E-state index is 11.0. The molecule has 0 aliphatic heterocycles. The molecule has 0 aliphatic rings. The molecule has 0 bridgehead atoms. The molecule has 2 heterocycles. The first-order chi connectivity index (χ1) is 12.1. The van der Waals surface area contributed by atoms with Crippen LogP contribution in [0.5, 0.6) is 5.75 Å². The zero-order valence-electron chi connectivity index (χ0n) is 13.7. The van der Waals surface area contributed by atoms with Crippen molar-refractivity contribution >= 4 is 34.1 Å². The second-order valence-electron chi connectivity index (χ2n) is 5.10. The molecule has 1 aromatic carbocycles. The van der Waals surface area contributed by atoms with Crippen LogP contribution in [0.25, 0.3) is 0 Å². The van der Waals surface area contributed by atoms with Crippen molar-refractivity contribution in [2.24, 2.45) is 0 Å². The van der Waals surface area contributed by atoms with Crippen molar-refractivity contribution in [3.63, 3.8) is 0 Å². The number of ether oxygens (including phenoxy) is 1. The third-order valence-corrected chi connectivity index (χ3v) is 4.80. The standard InChI is InChI=1S/C16H16N4O3S2/c1-10(21)17-15-18-12(8-24-15)9-25-16-20-19-14(23-16)7-11-3-5-13(22-2)6-4-11/h3-6,8H,7,9H2,1-2H3,(H,17,18,21). The van der Waals surface area contributed by atoms with Crippen LogP contribution in [-0.4, -0.2) is 28.2 Å². The molecule has 0 unspecified atom stereocenters. The Kier molecular flexibility index (Phi) is 5.67. The van der Waals surface area contributed by atoms with E-state index in [0.29, 0.717) is 28.4 Å². The number of thiazole rings is 1. The lowest BCUT2D eigenvalue weighted by atomic mass is 10.1. The number of thioether (sulfide) groups is 1. The Morgan fingerprint density at radius 2 is 2.12 bits per heavy atom. The molecule has 9 heteroatoms. The van der Waals surface area contributed by atoms with Crippen LogP contribution in [-0.2, 0) is 17.0 Å².